The van der Waals surface area contributed by atoms with Crippen LogP contribution < -0.4 is 5.73 Å². The Hall–Kier alpha value is -1.10. The third-order valence-corrected chi connectivity index (χ3v) is 0.985. The Labute approximate surface area is 58.1 Å². The molecule has 4 N–H and O–H groups in total. The predicted octanol–water partition coefficient (Wildman–Crippen LogP) is -0.360. The van der Waals surface area contributed by atoms with Crippen molar-refractivity contribution in [3.05, 3.63) is 0 Å². The summed E-state index contributed by atoms with van der Waals surface area (Å²) in [4.78, 5) is 10.1. The van der Waals surface area contributed by atoms with E-state index in [1.807, 2.05) is 0 Å². The monoisotopic (exact) mass is 146 g/mol. The van der Waals surface area contributed by atoms with Crippen LogP contribution in [0.2, 0.25) is 0 Å². The van der Waals surface area contributed by atoms with E-state index in [0.29, 0.717) is 13.0 Å². The molecule has 0 amide bonds. The van der Waals surface area contributed by atoms with Crippen LogP contribution in [-0.4, -0.2) is 28.5 Å². The Morgan fingerprint density at radius 3 is 2.50 bits per heavy atom. The van der Waals surface area contributed by atoms with Crippen molar-refractivity contribution in [1.82, 2.24) is 0 Å². The average molecular weight is 146 g/mol. The molecule has 0 aliphatic rings. The maximum absolute atomic E-state index is 10.1. The lowest BCUT2D eigenvalue weighted by atomic mass is 10.2. The minimum Gasteiger partial charge on any atom is -0.477 e. The van der Waals surface area contributed by atoms with Gasteiger partial charge in [0.2, 0.25) is 0 Å². The van der Waals surface area contributed by atoms with E-state index in [1.54, 1.807) is 0 Å². The summed E-state index contributed by atoms with van der Waals surface area (Å²) in [5.74, 6) is -1.20. The normalized spacial score (nSPS) is 11.5. The molecule has 0 aromatic carbocycles. The van der Waals surface area contributed by atoms with Gasteiger partial charge in [0.25, 0.3) is 0 Å². The van der Waals surface area contributed by atoms with Gasteiger partial charge in [0.05, 0.1) is 0 Å². The van der Waals surface area contributed by atoms with E-state index < -0.39 is 5.97 Å². The molecule has 0 fully saturated rings. The fraction of sp³-hybridized carbons (Fsp3) is 0.600. The number of rotatable bonds is 4. The maximum atomic E-state index is 10.1. The fourth-order valence-corrected chi connectivity index (χ4v) is 0.469. The van der Waals surface area contributed by atoms with Crippen LogP contribution in [0.4, 0.5) is 0 Å². The molecule has 0 unspecified atom stereocenters. The van der Waals surface area contributed by atoms with Crippen LogP contribution in [0.3, 0.4) is 0 Å². The molecule has 0 radical (unpaired) electrons. The van der Waals surface area contributed by atoms with Gasteiger partial charge in [-0.3, -0.25) is 0 Å². The van der Waals surface area contributed by atoms with E-state index in [4.69, 9.17) is 16.0 Å². The van der Waals surface area contributed by atoms with Crippen LogP contribution in [0.25, 0.3) is 0 Å². The van der Waals surface area contributed by atoms with Crippen molar-refractivity contribution in [3.8, 4) is 0 Å². The Bertz CT molecular complexity index is 144. The summed E-state index contributed by atoms with van der Waals surface area (Å²) in [5, 5.41) is 18.9. The molecule has 0 saturated carbocycles. The lowest BCUT2D eigenvalue weighted by Gasteiger charge is -1.94. The number of hydrogen-bond donors (Lipinski definition) is 3. The highest BCUT2D eigenvalue weighted by atomic mass is 16.4. The highest BCUT2D eigenvalue weighted by Gasteiger charge is 2.07. The molecule has 0 aliphatic carbocycles. The van der Waals surface area contributed by atoms with Gasteiger partial charge in [-0.05, 0) is 13.0 Å². The molecule has 0 bridgehead atoms. The maximum Gasteiger partial charge on any atom is 0.353 e. The van der Waals surface area contributed by atoms with Gasteiger partial charge in [-0.15, -0.1) is 0 Å². The van der Waals surface area contributed by atoms with E-state index in [0.717, 1.165) is 0 Å². The Morgan fingerprint density at radius 1 is 1.60 bits per heavy atom. The lowest BCUT2D eigenvalue weighted by molar-refractivity contribution is -0.129. The number of carboxylic acid groups (broad SMARTS) is 1. The Balaban J connectivity index is 3.74. The average Bonchev–Trinajstić information content (AvgIpc) is 1.89. The van der Waals surface area contributed by atoms with Crippen molar-refractivity contribution < 1.29 is 15.1 Å². The Kier molecular flexibility index (Phi) is 4.23. The van der Waals surface area contributed by atoms with E-state index in [1.165, 1.54) is 0 Å². The number of oxime groups is 1. The number of aliphatic carboxylic acids is 1. The second-order valence-electron chi connectivity index (χ2n) is 1.74. The summed E-state index contributed by atoms with van der Waals surface area (Å²) in [6, 6.07) is 0. The minimum absolute atomic E-state index is 0.211. The second kappa shape index (κ2) is 4.75. The molecule has 5 nitrogen and oxygen atoms in total. The van der Waals surface area contributed by atoms with Crippen molar-refractivity contribution in [2.24, 2.45) is 10.9 Å². The highest BCUT2D eigenvalue weighted by Crippen LogP contribution is 1.90. The fourth-order valence-electron chi connectivity index (χ4n) is 0.469. The van der Waals surface area contributed by atoms with Crippen LogP contribution in [0.5, 0.6) is 0 Å². The van der Waals surface area contributed by atoms with E-state index in [9.17, 15) is 4.79 Å². The van der Waals surface area contributed by atoms with Crippen LogP contribution in [-0.2, 0) is 4.79 Å². The molecular weight excluding hydrogens is 136 g/mol. The summed E-state index contributed by atoms with van der Waals surface area (Å²) in [6.07, 6.45) is 0.730. The topological polar surface area (TPSA) is 95.9 Å². The van der Waals surface area contributed by atoms with Gasteiger partial charge in [-0.1, -0.05) is 5.16 Å². The van der Waals surface area contributed by atoms with Gasteiger partial charge in [0.1, 0.15) is 0 Å². The molecule has 0 rings (SSSR count). The SMILES string of the molecule is NCCC/C(=N/O)C(=O)O. The first kappa shape index (κ1) is 8.90. The van der Waals surface area contributed by atoms with Gasteiger partial charge in [0, 0.05) is 6.42 Å². The zero-order valence-corrected chi connectivity index (χ0v) is 5.45. The third kappa shape index (κ3) is 3.03. The Morgan fingerprint density at radius 2 is 2.20 bits per heavy atom. The van der Waals surface area contributed by atoms with E-state index >= 15 is 0 Å². The van der Waals surface area contributed by atoms with Gasteiger partial charge < -0.3 is 16.0 Å². The lowest BCUT2D eigenvalue weighted by Crippen LogP contribution is -2.14. The molecule has 0 spiro atoms. The zero-order valence-electron chi connectivity index (χ0n) is 5.45. The smallest absolute Gasteiger partial charge is 0.353 e. The van der Waals surface area contributed by atoms with E-state index in [-0.39, 0.29) is 12.1 Å². The molecule has 0 saturated heterocycles. The standard InChI is InChI=1S/C5H10N2O3/c6-3-1-2-4(7-10)5(8)9/h10H,1-3,6H2,(H,8,9)/b7-4-. The van der Waals surface area contributed by atoms with Crippen molar-refractivity contribution in [1.29, 1.82) is 0 Å². The number of carboxylic acids is 1. The number of nitrogens with two attached hydrogens (primary N) is 1. The number of carbonyl (C=O) groups is 1. The highest BCUT2D eigenvalue weighted by molar-refractivity contribution is 6.35. The summed E-state index contributed by atoms with van der Waals surface area (Å²) in [5.41, 5.74) is 4.86. The van der Waals surface area contributed by atoms with Crippen LogP contribution in [0.1, 0.15) is 12.8 Å². The summed E-state index contributed by atoms with van der Waals surface area (Å²) >= 11 is 0. The first-order chi connectivity index (χ1) is 4.72. The van der Waals surface area contributed by atoms with Crippen molar-refractivity contribution in [2.45, 2.75) is 12.8 Å². The first-order valence-corrected chi connectivity index (χ1v) is 2.86. The summed E-state index contributed by atoms with van der Waals surface area (Å²) in [7, 11) is 0. The van der Waals surface area contributed by atoms with Crippen molar-refractivity contribution in [3.63, 3.8) is 0 Å². The first-order valence-electron chi connectivity index (χ1n) is 2.86. The third-order valence-electron chi connectivity index (χ3n) is 0.985. The number of hydrogen-bond acceptors (Lipinski definition) is 4. The minimum atomic E-state index is -1.20. The second-order valence-corrected chi connectivity index (χ2v) is 1.74. The largest absolute Gasteiger partial charge is 0.477 e. The van der Waals surface area contributed by atoms with Crippen molar-refractivity contribution in [2.75, 3.05) is 6.54 Å². The van der Waals surface area contributed by atoms with Crippen molar-refractivity contribution >= 4 is 11.7 Å². The summed E-state index contributed by atoms with van der Waals surface area (Å²) < 4.78 is 0. The zero-order chi connectivity index (χ0) is 7.98. The molecule has 10 heavy (non-hydrogen) atoms. The van der Waals surface area contributed by atoms with Gasteiger partial charge in [-0.2, -0.15) is 0 Å². The molecule has 58 valence electrons. The van der Waals surface area contributed by atoms with Gasteiger partial charge in [-0.25, -0.2) is 4.79 Å². The van der Waals surface area contributed by atoms with Crippen LogP contribution in [0, 0.1) is 0 Å². The molecule has 0 atom stereocenters. The molecular formula is C5H10N2O3. The van der Waals surface area contributed by atoms with Crippen LogP contribution in [0.15, 0.2) is 5.16 Å². The van der Waals surface area contributed by atoms with E-state index in [2.05, 4.69) is 5.16 Å². The number of nitrogens with zero attached hydrogens (tertiary/aromatic N) is 1. The van der Waals surface area contributed by atoms with Gasteiger partial charge >= 0.3 is 5.97 Å². The summed E-state index contributed by atoms with van der Waals surface area (Å²) in [6.45, 7) is 0.395. The molecule has 0 heterocycles. The van der Waals surface area contributed by atoms with Crippen LogP contribution >= 0.6 is 0 Å². The predicted molar refractivity (Wildman–Crippen MR) is 35.1 cm³/mol. The quantitative estimate of drug-likeness (QED) is 0.286. The molecule has 5 heteroatoms. The molecule has 0 aliphatic heterocycles. The van der Waals surface area contributed by atoms with Gasteiger partial charge in [0.15, 0.2) is 5.71 Å². The molecule has 0 aromatic rings. The molecule has 0 aromatic heterocycles.